The maximum atomic E-state index is 14.0. The second-order valence-electron chi connectivity index (χ2n) is 7.75. The van der Waals surface area contributed by atoms with Gasteiger partial charge in [-0.05, 0) is 55.5 Å². The smallest absolute Gasteiger partial charge is 0.420 e. The number of alkyl halides is 6. The molecule has 0 bridgehead atoms. The van der Waals surface area contributed by atoms with Crippen LogP contribution in [0.5, 0.6) is 23.0 Å². The lowest BCUT2D eigenvalue weighted by molar-refractivity contribution is -0.163. The molecule has 14 heteroatoms. The highest BCUT2D eigenvalue weighted by molar-refractivity contribution is 6.05. The molecule has 0 aliphatic heterocycles. The van der Waals surface area contributed by atoms with Crippen molar-refractivity contribution in [1.82, 2.24) is 0 Å². The molecule has 0 unspecified atom stereocenters. The molecule has 0 aliphatic rings. The van der Waals surface area contributed by atoms with E-state index in [1.54, 1.807) is 0 Å². The first-order valence-electron chi connectivity index (χ1n) is 10.4. The van der Waals surface area contributed by atoms with Gasteiger partial charge in [0, 0.05) is 11.1 Å². The summed E-state index contributed by atoms with van der Waals surface area (Å²) in [5.41, 5.74) is -6.63. The Balaban J connectivity index is 2.20. The highest BCUT2D eigenvalue weighted by Crippen LogP contribution is 2.50. The maximum absolute atomic E-state index is 14.0. The number of hydrogen-bond donors (Lipinski definition) is 2. The lowest BCUT2D eigenvalue weighted by atomic mass is 10.0. The molecule has 0 fully saturated rings. The van der Waals surface area contributed by atoms with Gasteiger partial charge in [-0.15, -0.1) is 0 Å². The van der Waals surface area contributed by atoms with Crippen molar-refractivity contribution >= 4 is 24.0 Å². The molecule has 0 saturated heterocycles. The van der Waals surface area contributed by atoms with E-state index >= 15 is 0 Å². The van der Waals surface area contributed by atoms with Crippen molar-refractivity contribution < 1.29 is 65.2 Å². The van der Waals surface area contributed by atoms with Gasteiger partial charge >= 0.3 is 24.3 Å². The molecule has 3 aromatic rings. The van der Waals surface area contributed by atoms with Crippen LogP contribution in [0.2, 0.25) is 0 Å². The Morgan fingerprint density at radius 3 is 1.51 bits per heavy atom. The number of ether oxygens (including phenoxy) is 2. The Morgan fingerprint density at radius 1 is 0.692 bits per heavy atom. The zero-order valence-electron chi connectivity index (χ0n) is 19.3. The van der Waals surface area contributed by atoms with Gasteiger partial charge in [-0.1, -0.05) is 0 Å². The first kappa shape index (κ1) is 28.7. The lowest BCUT2D eigenvalue weighted by Crippen LogP contribution is -2.19. The van der Waals surface area contributed by atoms with Gasteiger partial charge in [-0.3, -0.25) is 9.59 Å². The van der Waals surface area contributed by atoms with Crippen LogP contribution in [0.3, 0.4) is 0 Å². The number of Topliss-reactive ketones (excluding diaryl/α,β-unsaturated/α-hetero) is 1. The fraction of sp³-hybridized carbons (Fsp3) is 0.120. The Kier molecular flexibility index (Phi) is 7.70. The van der Waals surface area contributed by atoms with Crippen molar-refractivity contribution in [3.8, 4) is 23.0 Å². The number of carboxylic acid groups (broad SMARTS) is 2. The van der Waals surface area contributed by atoms with Crippen molar-refractivity contribution in [2.75, 3.05) is 0 Å². The standard InChI is InChI=1S/C25H14F6O8/c1-11(33)15-5-4-14(9-17(15)23(36)37)39-19-7-6-18(20(24(26,27)28)21(19)25(29,30)31)38-13-3-2-12(10-32)16(8-13)22(34)35/h2-10H,1H3,(H,34,35)(H,36,37). The zero-order valence-corrected chi connectivity index (χ0v) is 19.3. The van der Waals surface area contributed by atoms with Gasteiger partial charge in [0.2, 0.25) is 0 Å². The minimum absolute atomic E-state index is 0.154. The van der Waals surface area contributed by atoms with E-state index in [0.717, 1.165) is 31.2 Å². The molecule has 0 heterocycles. The molecule has 8 nitrogen and oxygen atoms in total. The van der Waals surface area contributed by atoms with Gasteiger partial charge in [0.15, 0.2) is 12.1 Å². The highest BCUT2D eigenvalue weighted by atomic mass is 19.4. The van der Waals surface area contributed by atoms with Crippen LogP contribution in [0, 0.1) is 0 Å². The van der Waals surface area contributed by atoms with Crippen LogP contribution in [-0.2, 0) is 12.4 Å². The summed E-state index contributed by atoms with van der Waals surface area (Å²) < 4.78 is 94.1. The summed E-state index contributed by atoms with van der Waals surface area (Å²) in [6.07, 6.45) is -11.2. The van der Waals surface area contributed by atoms with Gasteiger partial charge < -0.3 is 19.7 Å². The maximum Gasteiger partial charge on any atom is 0.420 e. The van der Waals surface area contributed by atoms with E-state index in [1.165, 1.54) is 0 Å². The molecule has 2 N–H and O–H groups in total. The van der Waals surface area contributed by atoms with Gasteiger partial charge in [0.1, 0.15) is 34.1 Å². The predicted molar refractivity (Wildman–Crippen MR) is 119 cm³/mol. The van der Waals surface area contributed by atoms with Crippen LogP contribution in [-0.4, -0.2) is 34.2 Å². The predicted octanol–water partition coefficient (Wildman–Crippen LogP) is 6.72. The van der Waals surface area contributed by atoms with Crippen LogP contribution < -0.4 is 9.47 Å². The molecule has 0 aliphatic carbocycles. The summed E-state index contributed by atoms with van der Waals surface area (Å²) in [6, 6.07) is 5.94. The van der Waals surface area contributed by atoms with Crippen molar-refractivity contribution in [1.29, 1.82) is 0 Å². The molecule has 0 radical (unpaired) electrons. The summed E-state index contributed by atoms with van der Waals surface area (Å²) in [7, 11) is 0. The van der Waals surface area contributed by atoms with Crippen LogP contribution in [0.1, 0.15) is 59.5 Å². The number of ketones is 1. The quantitative estimate of drug-likeness (QED) is 0.178. The van der Waals surface area contributed by atoms with Crippen LogP contribution >= 0.6 is 0 Å². The number of carboxylic acids is 2. The third-order valence-electron chi connectivity index (χ3n) is 5.13. The summed E-state index contributed by atoms with van der Waals surface area (Å²) in [5, 5.41) is 18.5. The molecule has 3 aromatic carbocycles. The largest absolute Gasteiger partial charge is 0.478 e. The number of halogens is 6. The number of aromatic carboxylic acids is 2. The van der Waals surface area contributed by atoms with E-state index in [9.17, 15) is 55.7 Å². The molecule has 0 saturated carbocycles. The average molecular weight is 556 g/mol. The van der Waals surface area contributed by atoms with E-state index in [1.807, 2.05) is 0 Å². The minimum atomic E-state index is -5.68. The van der Waals surface area contributed by atoms with E-state index in [4.69, 9.17) is 9.47 Å². The van der Waals surface area contributed by atoms with Crippen molar-refractivity contribution in [2.24, 2.45) is 0 Å². The summed E-state index contributed by atoms with van der Waals surface area (Å²) >= 11 is 0. The number of rotatable bonds is 8. The van der Waals surface area contributed by atoms with Crippen LogP contribution in [0.25, 0.3) is 0 Å². The molecule has 0 amide bonds. The third-order valence-corrected chi connectivity index (χ3v) is 5.13. The fourth-order valence-electron chi connectivity index (χ4n) is 3.51. The third kappa shape index (κ3) is 6.17. The Morgan fingerprint density at radius 2 is 1.13 bits per heavy atom. The molecular formula is C25H14F6O8. The van der Waals surface area contributed by atoms with Crippen LogP contribution in [0.15, 0.2) is 48.5 Å². The first-order valence-corrected chi connectivity index (χ1v) is 10.4. The monoisotopic (exact) mass is 556 g/mol. The summed E-state index contributed by atoms with van der Waals surface area (Å²) in [4.78, 5) is 45.4. The summed E-state index contributed by atoms with van der Waals surface area (Å²) in [5.74, 6) is -7.93. The van der Waals surface area contributed by atoms with E-state index in [2.05, 4.69) is 0 Å². The fourth-order valence-corrected chi connectivity index (χ4v) is 3.51. The molecular weight excluding hydrogens is 542 g/mol. The zero-order chi connectivity index (χ0) is 29.3. The molecule has 0 spiro atoms. The first-order chi connectivity index (χ1) is 18.0. The Bertz CT molecular complexity index is 1490. The van der Waals surface area contributed by atoms with E-state index in [-0.39, 0.29) is 17.4 Å². The Hall–Kier alpha value is -4.88. The van der Waals surface area contributed by atoms with Crippen molar-refractivity contribution in [3.05, 3.63) is 81.9 Å². The molecule has 3 rings (SSSR count). The number of hydrogen-bond acceptors (Lipinski definition) is 6. The normalized spacial score (nSPS) is 11.6. The van der Waals surface area contributed by atoms with E-state index in [0.29, 0.717) is 24.3 Å². The van der Waals surface area contributed by atoms with Gasteiger partial charge in [0.05, 0.1) is 11.1 Å². The second kappa shape index (κ2) is 10.5. The topological polar surface area (TPSA) is 127 Å². The summed E-state index contributed by atoms with van der Waals surface area (Å²) in [6.45, 7) is 1.03. The Labute approximate surface area is 214 Å². The van der Waals surface area contributed by atoms with E-state index < -0.39 is 75.3 Å². The van der Waals surface area contributed by atoms with Gasteiger partial charge in [-0.2, -0.15) is 26.3 Å². The molecule has 0 aromatic heterocycles. The van der Waals surface area contributed by atoms with Crippen molar-refractivity contribution in [2.45, 2.75) is 19.3 Å². The highest BCUT2D eigenvalue weighted by Gasteiger charge is 2.48. The minimum Gasteiger partial charge on any atom is -0.478 e. The SMILES string of the molecule is CC(=O)c1ccc(Oc2ccc(Oc3ccc(C=O)c(C(=O)O)c3)c(C(F)(F)F)c2C(F)(F)F)cc1C(=O)O. The molecule has 39 heavy (non-hydrogen) atoms. The number of aldehydes is 1. The number of benzene rings is 3. The second-order valence-corrected chi connectivity index (χ2v) is 7.75. The lowest BCUT2D eigenvalue weighted by Gasteiger charge is -2.22. The number of carbonyl (C=O) groups excluding carboxylic acids is 2. The average Bonchev–Trinajstić information content (AvgIpc) is 2.83. The van der Waals surface area contributed by atoms with Gasteiger partial charge in [0.25, 0.3) is 0 Å². The van der Waals surface area contributed by atoms with Gasteiger partial charge in [-0.25, -0.2) is 9.59 Å². The van der Waals surface area contributed by atoms with Crippen LogP contribution in [0.4, 0.5) is 26.3 Å². The molecule has 0 atom stereocenters. The molecule has 204 valence electrons. The van der Waals surface area contributed by atoms with Crippen molar-refractivity contribution in [3.63, 3.8) is 0 Å². The number of carbonyl (C=O) groups is 4.